The van der Waals surface area contributed by atoms with E-state index in [-0.39, 0.29) is 0 Å². The molecule has 8 aromatic rings. The Kier molecular flexibility index (Phi) is 4.93. The highest BCUT2D eigenvalue weighted by atomic mass is 16.5. The molecule has 1 aromatic heterocycles. The Morgan fingerprint density at radius 3 is 1.93 bits per heavy atom. The number of aromatic nitrogens is 1. The van der Waals surface area contributed by atoms with Gasteiger partial charge in [-0.3, -0.25) is 0 Å². The average Bonchev–Trinajstić information content (AvgIpc) is 3.39. The maximum Gasteiger partial charge on any atom is 0.135 e. The molecule has 9 rings (SSSR count). The zero-order valence-electron chi connectivity index (χ0n) is 22.8. The molecule has 0 N–H and O–H groups in total. The monoisotopic (exact) mass is 535 g/mol. The molecule has 42 heavy (non-hydrogen) atoms. The van der Waals surface area contributed by atoms with Gasteiger partial charge in [0.1, 0.15) is 11.5 Å². The first-order valence-corrected chi connectivity index (χ1v) is 14.4. The first kappa shape index (κ1) is 23.1. The van der Waals surface area contributed by atoms with Crippen molar-refractivity contribution in [3.05, 3.63) is 152 Å². The van der Waals surface area contributed by atoms with Gasteiger partial charge in [0.05, 0.1) is 11.0 Å². The number of ether oxygens (including phenoxy) is 1. The van der Waals surface area contributed by atoms with Crippen LogP contribution in [0.2, 0.25) is 0 Å². The molecule has 0 radical (unpaired) electrons. The Balaban J connectivity index is 1.23. The van der Waals surface area contributed by atoms with Crippen LogP contribution in [0.15, 0.2) is 152 Å². The van der Waals surface area contributed by atoms with Gasteiger partial charge >= 0.3 is 0 Å². The molecule has 1 aliphatic heterocycles. The van der Waals surface area contributed by atoms with Crippen LogP contribution in [-0.2, 0) is 0 Å². The van der Waals surface area contributed by atoms with Crippen molar-refractivity contribution in [1.82, 2.24) is 4.57 Å². The summed E-state index contributed by atoms with van der Waals surface area (Å²) in [5.41, 5.74) is 10.8. The maximum absolute atomic E-state index is 6.38. The van der Waals surface area contributed by atoms with Crippen LogP contribution >= 0.6 is 0 Å². The Morgan fingerprint density at radius 2 is 1.07 bits per heavy atom. The summed E-state index contributed by atoms with van der Waals surface area (Å²) in [5, 5.41) is 4.89. The van der Waals surface area contributed by atoms with Gasteiger partial charge < -0.3 is 9.30 Å². The van der Waals surface area contributed by atoms with Gasteiger partial charge in [-0.2, -0.15) is 0 Å². The van der Waals surface area contributed by atoms with Crippen molar-refractivity contribution >= 4 is 32.6 Å². The Labute approximate surface area is 243 Å². The Morgan fingerprint density at radius 1 is 0.405 bits per heavy atom. The summed E-state index contributed by atoms with van der Waals surface area (Å²) in [7, 11) is 0. The van der Waals surface area contributed by atoms with E-state index in [1.165, 1.54) is 66.1 Å². The van der Waals surface area contributed by atoms with E-state index < -0.39 is 0 Å². The Hall–Kier alpha value is -5.60. The lowest BCUT2D eigenvalue weighted by Crippen LogP contribution is -1.97. The first-order chi connectivity index (χ1) is 20.8. The minimum absolute atomic E-state index is 0.901. The zero-order valence-corrected chi connectivity index (χ0v) is 22.8. The van der Waals surface area contributed by atoms with E-state index in [4.69, 9.17) is 4.74 Å². The van der Waals surface area contributed by atoms with Crippen LogP contribution in [0.25, 0.3) is 71.6 Å². The van der Waals surface area contributed by atoms with Crippen molar-refractivity contribution < 1.29 is 4.74 Å². The fourth-order valence-electron chi connectivity index (χ4n) is 6.71. The minimum atomic E-state index is 0.901. The summed E-state index contributed by atoms with van der Waals surface area (Å²) < 4.78 is 8.74. The van der Waals surface area contributed by atoms with Crippen LogP contribution in [0, 0.1) is 0 Å². The van der Waals surface area contributed by atoms with Crippen LogP contribution in [-0.4, -0.2) is 4.57 Å². The predicted octanol–water partition coefficient (Wildman–Crippen LogP) is 11.0. The number of nitrogens with zero attached hydrogens (tertiary/aromatic N) is 1. The lowest BCUT2D eigenvalue weighted by atomic mass is 9.89. The first-order valence-electron chi connectivity index (χ1n) is 14.4. The second-order valence-corrected chi connectivity index (χ2v) is 10.9. The van der Waals surface area contributed by atoms with Gasteiger partial charge in [0.2, 0.25) is 0 Å². The molecular weight excluding hydrogens is 510 g/mol. The summed E-state index contributed by atoms with van der Waals surface area (Å²) in [4.78, 5) is 0. The summed E-state index contributed by atoms with van der Waals surface area (Å²) >= 11 is 0. The molecule has 0 amide bonds. The smallest absolute Gasteiger partial charge is 0.135 e. The third-order valence-electron chi connectivity index (χ3n) is 8.59. The molecule has 196 valence electrons. The SMILES string of the molecule is c1ccc(-n2c3ccccc3c3cc(-c4ccccc4-c4ccc5c(c4)-c4cccc6cccc(c46)O5)ccc32)cc1. The third-order valence-corrected chi connectivity index (χ3v) is 8.59. The molecule has 2 heterocycles. The molecule has 0 saturated heterocycles. The van der Waals surface area contributed by atoms with Gasteiger partial charge in [0.25, 0.3) is 0 Å². The molecule has 2 heteroatoms. The van der Waals surface area contributed by atoms with E-state index in [0.717, 1.165) is 17.1 Å². The summed E-state index contributed by atoms with van der Waals surface area (Å²) in [6.07, 6.45) is 0. The van der Waals surface area contributed by atoms with Crippen molar-refractivity contribution in [2.45, 2.75) is 0 Å². The van der Waals surface area contributed by atoms with Gasteiger partial charge in [-0.15, -0.1) is 0 Å². The standard InChI is InChI=1S/C40H25NO/c1-2-12-29(13-3-1)41-36-18-7-6-16-32(36)34-24-27(20-22-37(34)41)30-14-4-5-15-31(30)28-21-23-38-35(25-28)33-17-8-10-26-11-9-19-39(42-38)40(26)33/h1-25H. The van der Waals surface area contributed by atoms with Crippen molar-refractivity contribution in [3.63, 3.8) is 0 Å². The van der Waals surface area contributed by atoms with Gasteiger partial charge in [-0.25, -0.2) is 0 Å². The van der Waals surface area contributed by atoms with Crippen LogP contribution in [0.3, 0.4) is 0 Å². The van der Waals surface area contributed by atoms with Crippen LogP contribution in [0.5, 0.6) is 11.5 Å². The summed E-state index contributed by atoms with van der Waals surface area (Å²) in [6, 6.07) is 54.3. The highest BCUT2D eigenvalue weighted by molar-refractivity contribution is 6.11. The van der Waals surface area contributed by atoms with Crippen LogP contribution in [0.1, 0.15) is 0 Å². The van der Waals surface area contributed by atoms with Crippen molar-refractivity contribution in [2.75, 3.05) is 0 Å². The van der Waals surface area contributed by atoms with Crippen LogP contribution in [0.4, 0.5) is 0 Å². The number of benzene rings is 7. The van der Waals surface area contributed by atoms with E-state index in [2.05, 4.69) is 156 Å². The third kappa shape index (κ3) is 3.39. The van der Waals surface area contributed by atoms with E-state index in [0.29, 0.717) is 0 Å². The topological polar surface area (TPSA) is 14.2 Å². The number of hydrogen-bond acceptors (Lipinski definition) is 1. The Bertz CT molecular complexity index is 2320. The predicted molar refractivity (Wildman–Crippen MR) is 175 cm³/mol. The maximum atomic E-state index is 6.38. The van der Waals surface area contributed by atoms with E-state index in [1.807, 2.05) is 0 Å². The number of rotatable bonds is 3. The van der Waals surface area contributed by atoms with E-state index >= 15 is 0 Å². The fraction of sp³-hybridized carbons (Fsp3) is 0. The second-order valence-electron chi connectivity index (χ2n) is 10.9. The van der Waals surface area contributed by atoms with E-state index in [1.54, 1.807) is 0 Å². The fourth-order valence-corrected chi connectivity index (χ4v) is 6.71. The molecule has 7 aromatic carbocycles. The highest BCUT2D eigenvalue weighted by Crippen LogP contribution is 2.48. The van der Waals surface area contributed by atoms with E-state index in [9.17, 15) is 0 Å². The molecule has 0 unspecified atom stereocenters. The van der Waals surface area contributed by atoms with Gasteiger partial charge in [0.15, 0.2) is 0 Å². The lowest BCUT2D eigenvalue weighted by Gasteiger charge is -2.22. The zero-order chi connectivity index (χ0) is 27.6. The lowest BCUT2D eigenvalue weighted by molar-refractivity contribution is 0.487. The van der Waals surface area contributed by atoms with Crippen LogP contribution < -0.4 is 4.74 Å². The number of para-hydroxylation sites is 2. The molecule has 0 atom stereocenters. The number of fused-ring (bicyclic) bond motifs is 5. The van der Waals surface area contributed by atoms with Gasteiger partial charge in [-0.1, -0.05) is 103 Å². The summed E-state index contributed by atoms with van der Waals surface area (Å²) in [5.74, 6) is 1.82. The quantitative estimate of drug-likeness (QED) is 0.219. The molecule has 0 bridgehead atoms. The molecule has 0 saturated carbocycles. The second kappa shape index (κ2) is 8.95. The normalized spacial score (nSPS) is 12.0. The summed E-state index contributed by atoms with van der Waals surface area (Å²) in [6.45, 7) is 0. The van der Waals surface area contributed by atoms with Crippen molar-refractivity contribution in [3.8, 4) is 50.6 Å². The molecular formula is C40H25NO. The van der Waals surface area contributed by atoms with Gasteiger partial charge in [0, 0.05) is 27.4 Å². The molecule has 1 aliphatic rings. The number of hydrogen-bond donors (Lipinski definition) is 0. The molecule has 0 aliphatic carbocycles. The van der Waals surface area contributed by atoms with Crippen molar-refractivity contribution in [1.29, 1.82) is 0 Å². The molecule has 0 spiro atoms. The average molecular weight is 536 g/mol. The van der Waals surface area contributed by atoms with Gasteiger partial charge in [-0.05, 0) is 81.7 Å². The van der Waals surface area contributed by atoms with Crippen molar-refractivity contribution in [2.24, 2.45) is 0 Å². The minimum Gasteiger partial charge on any atom is -0.456 e. The highest BCUT2D eigenvalue weighted by Gasteiger charge is 2.21. The molecule has 2 nitrogen and oxygen atoms in total. The largest absolute Gasteiger partial charge is 0.456 e. The molecule has 0 fully saturated rings.